The van der Waals surface area contributed by atoms with E-state index in [1.54, 1.807) is 13.8 Å². The lowest BCUT2D eigenvalue weighted by Gasteiger charge is -2.13. The average Bonchev–Trinajstić information content (AvgIpc) is 2.53. The molecule has 8 nitrogen and oxygen atoms in total. The van der Waals surface area contributed by atoms with Crippen molar-refractivity contribution in [3.05, 3.63) is 0 Å². The SMILES string of the molecule is CCC(=O)OCC(O)COCCOCC(O)COC(=O)CC. The Bertz CT molecular complexity index is 277. The number of aliphatic hydroxyl groups excluding tert-OH is 2. The highest BCUT2D eigenvalue weighted by atomic mass is 16.6. The van der Waals surface area contributed by atoms with Gasteiger partial charge in [0, 0.05) is 12.8 Å². The van der Waals surface area contributed by atoms with Crippen molar-refractivity contribution in [1.82, 2.24) is 0 Å². The summed E-state index contributed by atoms with van der Waals surface area (Å²) in [6, 6.07) is 0. The Kier molecular flexibility index (Phi) is 12.7. The van der Waals surface area contributed by atoms with Crippen LogP contribution in [0.1, 0.15) is 26.7 Å². The molecule has 0 aliphatic rings. The van der Waals surface area contributed by atoms with Crippen LogP contribution in [0.2, 0.25) is 0 Å². The Morgan fingerprint density at radius 1 is 0.773 bits per heavy atom. The standard InChI is InChI=1S/C14H26O8/c1-3-13(17)21-9-11(15)7-19-5-6-20-8-12(16)10-22-14(18)4-2/h11-12,15-16H,3-10H2,1-2H3. The Morgan fingerprint density at radius 3 is 1.45 bits per heavy atom. The van der Waals surface area contributed by atoms with Crippen LogP contribution in [0, 0.1) is 0 Å². The summed E-state index contributed by atoms with van der Waals surface area (Å²) in [6.07, 6.45) is -1.24. The van der Waals surface area contributed by atoms with Crippen molar-refractivity contribution in [2.75, 3.05) is 39.6 Å². The van der Waals surface area contributed by atoms with Gasteiger partial charge >= 0.3 is 11.9 Å². The number of ether oxygens (including phenoxy) is 4. The summed E-state index contributed by atoms with van der Waals surface area (Å²) in [5.41, 5.74) is 0. The molecule has 0 spiro atoms. The molecule has 0 aromatic rings. The van der Waals surface area contributed by atoms with Gasteiger partial charge in [-0.3, -0.25) is 9.59 Å². The minimum atomic E-state index is -0.880. The van der Waals surface area contributed by atoms with Crippen LogP contribution in [0.3, 0.4) is 0 Å². The van der Waals surface area contributed by atoms with Gasteiger partial charge < -0.3 is 29.2 Å². The lowest BCUT2D eigenvalue weighted by molar-refractivity contribution is -0.149. The molecule has 2 unspecified atom stereocenters. The van der Waals surface area contributed by atoms with Crippen LogP contribution in [0.25, 0.3) is 0 Å². The Morgan fingerprint density at radius 2 is 1.14 bits per heavy atom. The monoisotopic (exact) mass is 322 g/mol. The van der Waals surface area contributed by atoms with Gasteiger partial charge in [0.1, 0.15) is 25.4 Å². The molecule has 0 saturated heterocycles. The molecule has 0 saturated carbocycles. The van der Waals surface area contributed by atoms with E-state index < -0.39 is 12.2 Å². The first-order chi connectivity index (χ1) is 10.5. The van der Waals surface area contributed by atoms with Gasteiger partial charge in [-0.1, -0.05) is 13.8 Å². The Labute approximate surface area is 130 Å². The largest absolute Gasteiger partial charge is 0.463 e. The van der Waals surface area contributed by atoms with Gasteiger partial charge in [-0.15, -0.1) is 0 Å². The molecule has 8 heteroatoms. The number of hydrogen-bond acceptors (Lipinski definition) is 8. The van der Waals surface area contributed by atoms with Crippen LogP contribution in [0.5, 0.6) is 0 Å². The molecule has 0 aliphatic carbocycles. The van der Waals surface area contributed by atoms with Crippen molar-refractivity contribution < 1.29 is 38.7 Å². The molecule has 0 heterocycles. The summed E-state index contributed by atoms with van der Waals surface area (Å²) in [6.45, 7) is 3.62. The lowest BCUT2D eigenvalue weighted by Crippen LogP contribution is -2.26. The smallest absolute Gasteiger partial charge is 0.305 e. The highest BCUT2D eigenvalue weighted by Gasteiger charge is 2.09. The number of carbonyl (C=O) groups excluding carboxylic acids is 2. The second-order valence-corrected chi connectivity index (χ2v) is 4.53. The minimum Gasteiger partial charge on any atom is -0.463 e. The van der Waals surface area contributed by atoms with Crippen molar-refractivity contribution in [3.8, 4) is 0 Å². The first kappa shape index (κ1) is 20.8. The molecule has 0 radical (unpaired) electrons. The Hall–Kier alpha value is -1.22. The highest BCUT2D eigenvalue weighted by molar-refractivity contribution is 5.69. The molecule has 0 aromatic carbocycles. The number of rotatable bonds is 13. The number of esters is 2. The van der Waals surface area contributed by atoms with Crippen molar-refractivity contribution in [3.63, 3.8) is 0 Å². The third-order valence-electron chi connectivity index (χ3n) is 2.44. The highest BCUT2D eigenvalue weighted by Crippen LogP contribution is 1.93. The molecule has 22 heavy (non-hydrogen) atoms. The van der Waals surface area contributed by atoms with E-state index in [2.05, 4.69) is 0 Å². The predicted molar refractivity (Wildman–Crippen MR) is 76.2 cm³/mol. The molecular formula is C14H26O8. The quantitative estimate of drug-likeness (QED) is 0.349. The van der Waals surface area contributed by atoms with E-state index >= 15 is 0 Å². The van der Waals surface area contributed by atoms with Crippen LogP contribution in [-0.2, 0) is 28.5 Å². The van der Waals surface area contributed by atoms with Crippen molar-refractivity contribution in [1.29, 1.82) is 0 Å². The summed E-state index contributed by atoms with van der Waals surface area (Å²) < 4.78 is 19.7. The fourth-order valence-electron chi connectivity index (χ4n) is 1.24. The fourth-order valence-corrected chi connectivity index (χ4v) is 1.24. The van der Waals surface area contributed by atoms with Gasteiger partial charge in [0.2, 0.25) is 0 Å². The fraction of sp³-hybridized carbons (Fsp3) is 0.857. The average molecular weight is 322 g/mol. The third-order valence-corrected chi connectivity index (χ3v) is 2.44. The maximum Gasteiger partial charge on any atom is 0.305 e. The molecule has 0 aromatic heterocycles. The van der Waals surface area contributed by atoms with Crippen LogP contribution in [0.4, 0.5) is 0 Å². The number of aliphatic hydroxyl groups is 2. The molecule has 0 bridgehead atoms. The van der Waals surface area contributed by atoms with E-state index in [0.29, 0.717) is 0 Å². The molecule has 0 amide bonds. The van der Waals surface area contributed by atoms with Gasteiger partial charge in [-0.25, -0.2) is 0 Å². The predicted octanol–water partition coefficient (Wildman–Crippen LogP) is -0.352. The second kappa shape index (κ2) is 13.4. The van der Waals surface area contributed by atoms with Gasteiger partial charge in [0.15, 0.2) is 0 Å². The zero-order valence-corrected chi connectivity index (χ0v) is 13.2. The van der Waals surface area contributed by atoms with Gasteiger partial charge in [0.25, 0.3) is 0 Å². The molecular weight excluding hydrogens is 296 g/mol. The van der Waals surface area contributed by atoms with Crippen LogP contribution in [-0.4, -0.2) is 74.0 Å². The molecule has 0 rings (SSSR count). The van der Waals surface area contributed by atoms with Gasteiger partial charge in [0.05, 0.1) is 26.4 Å². The third kappa shape index (κ3) is 12.5. The van der Waals surface area contributed by atoms with Crippen molar-refractivity contribution in [2.24, 2.45) is 0 Å². The Balaban J connectivity index is 3.42. The molecule has 0 fully saturated rings. The van der Waals surface area contributed by atoms with E-state index in [1.165, 1.54) is 0 Å². The van der Waals surface area contributed by atoms with Crippen molar-refractivity contribution >= 4 is 11.9 Å². The van der Waals surface area contributed by atoms with E-state index in [-0.39, 0.29) is 64.4 Å². The van der Waals surface area contributed by atoms with Crippen LogP contribution < -0.4 is 0 Å². The second-order valence-electron chi connectivity index (χ2n) is 4.53. The first-order valence-corrected chi connectivity index (χ1v) is 7.32. The maximum absolute atomic E-state index is 10.9. The minimum absolute atomic E-state index is 0.0248. The summed E-state index contributed by atoms with van der Waals surface area (Å²) in [5.74, 6) is -0.750. The lowest BCUT2D eigenvalue weighted by atomic mass is 10.4. The molecule has 2 atom stereocenters. The maximum atomic E-state index is 10.9. The first-order valence-electron chi connectivity index (χ1n) is 7.32. The zero-order valence-electron chi connectivity index (χ0n) is 13.2. The van der Waals surface area contributed by atoms with Crippen LogP contribution in [0.15, 0.2) is 0 Å². The van der Waals surface area contributed by atoms with Gasteiger partial charge in [-0.2, -0.15) is 0 Å². The molecule has 2 N–H and O–H groups in total. The zero-order chi connectivity index (χ0) is 16.8. The van der Waals surface area contributed by atoms with E-state index in [9.17, 15) is 19.8 Å². The summed E-state index contributed by atoms with van der Waals surface area (Å²) in [7, 11) is 0. The summed E-state index contributed by atoms with van der Waals surface area (Å²) in [4.78, 5) is 21.7. The number of hydrogen-bond donors (Lipinski definition) is 2. The summed E-state index contributed by atoms with van der Waals surface area (Å²) >= 11 is 0. The van der Waals surface area contributed by atoms with E-state index in [1.807, 2.05) is 0 Å². The normalized spacial score (nSPS) is 13.5. The summed E-state index contributed by atoms with van der Waals surface area (Å²) in [5, 5.41) is 18.9. The van der Waals surface area contributed by atoms with Crippen LogP contribution >= 0.6 is 0 Å². The number of carbonyl (C=O) groups is 2. The molecule has 130 valence electrons. The topological polar surface area (TPSA) is 112 Å². The van der Waals surface area contributed by atoms with Gasteiger partial charge in [-0.05, 0) is 0 Å². The van der Waals surface area contributed by atoms with E-state index in [0.717, 1.165) is 0 Å². The molecule has 0 aliphatic heterocycles. The van der Waals surface area contributed by atoms with Crippen molar-refractivity contribution in [2.45, 2.75) is 38.9 Å². The van der Waals surface area contributed by atoms with E-state index in [4.69, 9.17) is 18.9 Å².